The van der Waals surface area contributed by atoms with Gasteiger partial charge in [-0.1, -0.05) is 0 Å². The molecule has 0 saturated carbocycles. The molecule has 15 heteroatoms. The summed E-state index contributed by atoms with van der Waals surface area (Å²) in [6.45, 7) is 0.277. The molecule has 0 bridgehead atoms. The lowest BCUT2D eigenvalue weighted by atomic mass is 10.1. The topological polar surface area (TPSA) is 89.1 Å². The summed E-state index contributed by atoms with van der Waals surface area (Å²) in [5.41, 5.74) is 0. The van der Waals surface area contributed by atoms with Crippen LogP contribution in [-0.2, 0) is 27.3 Å². The van der Waals surface area contributed by atoms with Crippen molar-refractivity contribution in [2.45, 2.75) is 87.7 Å². The molecule has 4 rings (SSSR count). The van der Waals surface area contributed by atoms with Gasteiger partial charge in [0.15, 0.2) is 12.2 Å². The number of rotatable bonds is 8. The largest absolute Gasteiger partial charge is 0.417 e. The Hall–Kier alpha value is -2.26. The molecule has 184 valence electrons. The fourth-order valence-corrected chi connectivity index (χ4v) is 4.16. The second kappa shape index (κ2) is 9.54. The molecule has 2 aromatic rings. The van der Waals surface area contributed by atoms with Gasteiger partial charge >= 0.3 is 12.4 Å². The molecule has 0 radical (unpaired) electrons. The maximum Gasteiger partial charge on any atom is 0.417 e. The minimum Gasteiger partial charge on any atom is -0.370 e. The number of nitrogens with zero attached hydrogens (tertiary/aromatic N) is 6. The van der Waals surface area contributed by atoms with Crippen LogP contribution in [0.4, 0.5) is 26.3 Å². The lowest BCUT2D eigenvalue weighted by molar-refractivity contribution is -0.319. The molecule has 9 nitrogen and oxygen atoms in total. The molecule has 4 heterocycles. The van der Waals surface area contributed by atoms with E-state index in [1.807, 2.05) is 0 Å². The average Bonchev–Trinajstić information content (AvgIpc) is 3.49. The van der Waals surface area contributed by atoms with E-state index >= 15 is 0 Å². The van der Waals surface area contributed by atoms with Crippen molar-refractivity contribution in [2.24, 2.45) is 0 Å². The van der Waals surface area contributed by atoms with Crippen molar-refractivity contribution in [3.8, 4) is 0 Å². The third-order valence-electron chi connectivity index (χ3n) is 5.61. The minimum atomic E-state index is -5.06. The first kappa shape index (κ1) is 23.9. The van der Waals surface area contributed by atoms with Crippen molar-refractivity contribution in [1.82, 2.24) is 29.5 Å². The van der Waals surface area contributed by atoms with Crippen molar-refractivity contribution in [1.29, 1.82) is 0 Å². The molecule has 0 amide bonds. The molecule has 0 aromatic carbocycles. The van der Waals surface area contributed by atoms with Crippen LogP contribution in [0.25, 0.3) is 0 Å². The van der Waals surface area contributed by atoms with Gasteiger partial charge in [0.25, 0.3) is 0 Å². The quantitative estimate of drug-likeness (QED) is 0.532. The van der Waals surface area contributed by atoms with Crippen molar-refractivity contribution < 1.29 is 40.6 Å². The number of hydrogen-bond donors (Lipinski definition) is 0. The van der Waals surface area contributed by atoms with E-state index in [-0.39, 0.29) is 38.8 Å². The molecule has 2 aromatic heterocycles. The van der Waals surface area contributed by atoms with Gasteiger partial charge in [0, 0.05) is 0 Å². The van der Waals surface area contributed by atoms with Gasteiger partial charge in [-0.05, 0) is 25.7 Å². The van der Waals surface area contributed by atoms with Gasteiger partial charge in [0.05, 0.1) is 37.5 Å². The number of halogens is 6. The number of ether oxygens (including phenoxy) is 3. The van der Waals surface area contributed by atoms with Crippen molar-refractivity contribution in [2.75, 3.05) is 0 Å². The van der Waals surface area contributed by atoms with Gasteiger partial charge in [-0.2, -0.15) is 36.5 Å². The third kappa shape index (κ3) is 6.00. The predicted molar refractivity (Wildman–Crippen MR) is 96.6 cm³/mol. The number of alkyl halides is 6. The normalized spacial score (nSPS) is 28.3. The van der Waals surface area contributed by atoms with E-state index < -0.39 is 49.0 Å². The molecule has 33 heavy (non-hydrogen) atoms. The fraction of sp³-hybridized carbons (Fsp3) is 0.778. The van der Waals surface area contributed by atoms with Crippen LogP contribution >= 0.6 is 0 Å². The average molecular weight is 484 g/mol. The number of hydrogen-bond acceptors (Lipinski definition) is 7. The zero-order valence-electron chi connectivity index (χ0n) is 17.2. The van der Waals surface area contributed by atoms with Crippen LogP contribution in [0.2, 0.25) is 0 Å². The summed E-state index contributed by atoms with van der Waals surface area (Å²) in [5.74, 6) is 0. The molecule has 0 N–H and O–H groups in total. The molecule has 0 aliphatic carbocycles. The van der Waals surface area contributed by atoms with E-state index in [1.165, 1.54) is 34.7 Å². The Bertz CT molecular complexity index is 792. The Kier molecular flexibility index (Phi) is 6.91. The molecule has 6 unspecified atom stereocenters. The van der Waals surface area contributed by atoms with E-state index in [4.69, 9.17) is 14.2 Å². The highest BCUT2D eigenvalue weighted by Crippen LogP contribution is 2.40. The third-order valence-corrected chi connectivity index (χ3v) is 5.61. The maximum atomic E-state index is 13.8. The predicted octanol–water partition coefficient (Wildman–Crippen LogP) is 2.54. The Morgan fingerprint density at radius 3 is 1.52 bits per heavy atom. The summed E-state index contributed by atoms with van der Waals surface area (Å²) < 4.78 is 101. The van der Waals surface area contributed by atoms with Crippen LogP contribution in [0, 0.1) is 0 Å². The molecule has 2 aliphatic heterocycles. The van der Waals surface area contributed by atoms with Crippen molar-refractivity contribution in [3.05, 3.63) is 25.3 Å². The Morgan fingerprint density at radius 2 is 1.18 bits per heavy atom. The van der Waals surface area contributed by atoms with Crippen LogP contribution in [0.5, 0.6) is 0 Å². The molecule has 6 atom stereocenters. The molecular formula is C18H22F6N6O3. The Balaban J connectivity index is 1.43. The minimum absolute atomic E-state index is 0.103. The Morgan fingerprint density at radius 1 is 0.758 bits per heavy atom. The zero-order valence-corrected chi connectivity index (χ0v) is 17.2. The van der Waals surface area contributed by atoms with Crippen LogP contribution in [0.1, 0.15) is 25.7 Å². The van der Waals surface area contributed by atoms with Crippen molar-refractivity contribution in [3.63, 3.8) is 0 Å². The lowest BCUT2D eigenvalue weighted by Gasteiger charge is -2.33. The van der Waals surface area contributed by atoms with Crippen LogP contribution < -0.4 is 0 Å². The molecule has 0 spiro atoms. The molecule has 2 fully saturated rings. The molecular weight excluding hydrogens is 462 g/mol. The number of aromatic nitrogens is 6. The monoisotopic (exact) mass is 484 g/mol. The summed E-state index contributed by atoms with van der Waals surface area (Å²) in [6, 6.07) is 0. The van der Waals surface area contributed by atoms with Gasteiger partial charge in [-0.3, -0.25) is 9.36 Å². The maximum absolute atomic E-state index is 13.8. The van der Waals surface area contributed by atoms with Gasteiger partial charge < -0.3 is 14.2 Å². The van der Waals surface area contributed by atoms with E-state index in [2.05, 4.69) is 20.2 Å². The second-order valence-corrected chi connectivity index (χ2v) is 8.04. The highest BCUT2D eigenvalue weighted by Gasteiger charge is 2.56. The van der Waals surface area contributed by atoms with Gasteiger partial charge in [-0.15, -0.1) is 0 Å². The van der Waals surface area contributed by atoms with Gasteiger partial charge in [-0.25, -0.2) is 9.97 Å². The van der Waals surface area contributed by atoms with E-state index in [9.17, 15) is 26.3 Å². The standard InChI is InChI=1S/C18H22F6N6O3/c19-17(20,21)15(13-3-1-11(31-13)5-29-9-25-7-27-29)33-16(18(22,23)24)14-4-2-12(32-14)6-30-10-26-8-28-30/h7-16H,1-6H2. The first-order chi connectivity index (χ1) is 15.6. The van der Waals surface area contributed by atoms with E-state index in [1.54, 1.807) is 0 Å². The van der Waals surface area contributed by atoms with E-state index in [0.717, 1.165) is 0 Å². The summed E-state index contributed by atoms with van der Waals surface area (Å²) in [5, 5.41) is 7.72. The first-order valence-electron chi connectivity index (χ1n) is 10.3. The van der Waals surface area contributed by atoms with Crippen LogP contribution in [0.3, 0.4) is 0 Å². The summed E-state index contributed by atoms with van der Waals surface area (Å²) in [7, 11) is 0. The van der Waals surface area contributed by atoms with Crippen LogP contribution in [-0.4, -0.2) is 78.5 Å². The lowest BCUT2D eigenvalue weighted by Crippen LogP contribution is -2.51. The molecule has 2 aliphatic rings. The zero-order chi connectivity index (χ0) is 23.6. The second-order valence-electron chi connectivity index (χ2n) is 8.04. The summed E-state index contributed by atoms with van der Waals surface area (Å²) in [4.78, 5) is 7.48. The molecule has 2 saturated heterocycles. The highest BCUT2D eigenvalue weighted by atomic mass is 19.4. The first-order valence-corrected chi connectivity index (χ1v) is 10.3. The van der Waals surface area contributed by atoms with Gasteiger partial charge in [0.1, 0.15) is 25.3 Å². The summed E-state index contributed by atoms with van der Waals surface area (Å²) in [6.07, 6.45) is -14.5. The van der Waals surface area contributed by atoms with Gasteiger partial charge in [0.2, 0.25) is 0 Å². The SMILES string of the molecule is FC(F)(F)C(OC(C1CCC(Cn2cncn2)O1)C(F)(F)F)C1CCC(Cn2cncn2)O1. The van der Waals surface area contributed by atoms with Crippen molar-refractivity contribution >= 4 is 0 Å². The Labute approximate surface area is 184 Å². The van der Waals surface area contributed by atoms with Crippen LogP contribution in [0.15, 0.2) is 25.3 Å². The highest BCUT2D eigenvalue weighted by molar-refractivity contribution is 4.91. The smallest absolute Gasteiger partial charge is 0.370 e. The summed E-state index contributed by atoms with van der Waals surface area (Å²) >= 11 is 0. The van der Waals surface area contributed by atoms with E-state index in [0.29, 0.717) is 0 Å². The fourth-order valence-electron chi connectivity index (χ4n) is 4.16.